The van der Waals surface area contributed by atoms with Crippen LogP contribution in [0.1, 0.15) is 25.6 Å². The van der Waals surface area contributed by atoms with Gasteiger partial charge in [0.1, 0.15) is 5.82 Å². The second kappa shape index (κ2) is 9.54. The number of aryl methyl sites for hydroxylation is 1. The molecule has 3 aliphatic heterocycles. The van der Waals surface area contributed by atoms with Gasteiger partial charge >= 0.3 is 0 Å². The fourth-order valence-corrected chi connectivity index (χ4v) is 5.15. The summed E-state index contributed by atoms with van der Waals surface area (Å²) in [6.07, 6.45) is 2.32. The first-order chi connectivity index (χ1) is 15.2. The predicted octanol–water partition coefficient (Wildman–Crippen LogP) is 1.63. The largest absolute Gasteiger partial charge is 0.381 e. The number of nitrogens with zero attached hydrogens (tertiary/aromatic N) is 7. The summed E-state index contributed by atoms with van der Waals surface area (Å²) in [5, 5.41) is 0.278. The van der Waals surface area contributed by atoms with E-state index in [1.165, 1.54) is 0 Å². The van der Waals surface area contributed by atoms with Crippen LogP contribution in [-0.2, 0) is 22.6 Å². The Bertz CT molecular complexity index is 887. The van der Waals surface area contributed by atoms with E-state index in [0.29, 0.717) is 19.3 Å². The minimum Gasteiger partial charge on any atom is -0.381 e. The third-order valence-corrected chi connectivity index (χ3v) is 6.90. The first-order valence-electron chi connectivity index (χ1n) is 11.5. The Morgan fingerprint density at radius 1 is 0.903 bits per heavy atom. The molecule has 9 nitrogen and oxygen atoms in total. The maximum absolute atomic E-state index is 6.32. The van der Waals surface area contributed by atoms with Crippen molar-refractivity contribution in [3.8, 4) is 0 Å². The van der Waals surface area contributed by atoms with E-state index in [0.717, 1.165) is 101 Å². The van der Waals surface area contributed by atoms with Crippen LogP contribution < -0.4 is 4.90 Å². The number of fused-ring (bicyclic) bond motifs is 1. The predicted molar refractivity (Wildman–Crippen MR) is 120 cm³/mol. The van der Waals surface area contributed by atoms with Gasteiger partial charge in [-0.15, -0.1) is 0 Å². The molecule has 0 N–H and O–H groups in total. The number of hydrogen-bond acceptors (Lipinski definition) is 8. The van der Waals surface area contributed by atoms with E-state index in [1.54, 1.807) is 0 Å². The van der Waals surface area contributed by atoms with Crippen LogP contribution in [0.25, 0.3) is 11.2 Å². The standard InChI is InChI=1S/C21H32ClN7O2/c1-2-29-17(15-26-5-7-27(8-6-26)16-3-11-30-12-4-16)23-18-19(24-21(22)25-20(18)29)28-9-13-31-14-10-28/h16H,2-15H2,1H3. The highest BCUT2D eigenvalue weighted by molar-refractivity contribution is 6.28. The number of imidazole rings is 1. The Labute approximate surface area is 188 Å². The quantitative estimate of drug-likeness (QED) is 0.638. The van der Waals surface area contributed by atoms with Crippen molar-refractivity contribution in [1.82, 2.24) is 29.3 Å². The van der Waals surface area contributed by atoms with Gasteiger partial charge in [0.2, 0.25) is 5.28 Å². The molecule has 5 heterocycles. The summed E-state index contributed by atoms with van der Waals surface area (Å²) in [5.74, 6) is 1.87. The van der Waals surface area contributed by atoms with Crippen molar-refractivity contribution >= 4 is 28.6 Å². The lowest BCUT2D eigenvalue weighted by molar-refractivity contribution is 0.0121. The monoisotopic (exact) mass is 449 g/mol. The lowest BCUT2D eigenvalue weighted by Crippen LogP contribution is -2.51. The summed E-state index contributed by atoms with van der Waals surface area (Å²) < 4.78 is 13.2. The molecule has 0 unspecified atom stereocenters. The first kappa shape index (κ1) is 21.3. The van der Waals surface area contributed by atoms with Gasteiger partial charge in [-0.3, -0.25) is 9.80 Å². The second-order valence-electron chi connectivity index (χ2n) is 8.52. The van der Waals surface area contributed by atoms with E-state index in [2.05, 4.69) is 36.2 Å². The van der Waals surface area contributed by atoms with Gasteiger partial charge in [0.25, 0.3) is 0 Å². The zero-order valence-corrected chi connectivity index (χ0v) is 19.1. The Morgan fingerprint density at radius 3 is 2.32 bits per heavy atom. The van der Waals surface area contributed by atoms with E-state index in [1.807, 2.05) is 0 Å². The van der Waals surface area contributed by atoms with Crippen molar-refractivity contribution in [2.45, 2.75) is 38.9 Å². The molecule has 31 heavy (non-hydrogen) atoms. The van der Waals surface area contributed by atoms with Crippen molar-refractivity contribution in [2.24, 2.45) is 0 Å². The van der Waals surface area contributed by atoms with Crippen molar-refractivity contribution in [3.63, 3.8) is 0 Å². The van der Waals surface area contributed by atoms with Crippen molar-refractivity contribution in [1.29, 1.82) is 0 Å². The van der Waals surface area contributed by atoms with Gasteiger partial charge in [-0.25, -0.2) is 4.98 Å². The first-order valence-corrected chi connectivity index (χ1v) is 11.9. The minimum atomic E-state index is 0.278. The maximum atomic E-state index is 6.32. The Balaban J connectivity index is 1.34. The molecule has 2 aromatic rings. The molecule has 5 rings (SSSR count). The van der Waals surface area contributed by atoms with Gasteiger partial charge in [-0.05, 0) is 31.4 Å². The van der Waals surface area contributed by atoms with Crippen molar-refractivity contribution < 1.29 is 9.47 Å². The summed E-state index contributed by atoms with van der Waals surface area (Å²) in [5.41, 5.74) is 1.68. The molecule has 3 fully saturated rings. The van der Waals surface area contributed by atoms with Gasteiger partial charge in [-0.1, -0.05) is 0 Å². The van der Waals surface area contributed by atoms with E-state index in [9.17, 15) is 0 Å². The van der Waals surface area contributed by atoms with Crippen LogP contribution in [-0.4, -0.2) is 101 Å². The molecule has 0 aromatic carbocycles. The van der Waals surface area contributed by atoms with Crippen LogP contribution >= 0.6 is 11.6 Å². The van der Waals surface area contributed by atoms with Gasteiger partial charge in [0, 0.05) is 65.1 Å². The molecule has 3 aliphatic rings. The van der Waals surface area contributed by atoms with Crippen LogP contribution in [0.2, 0.25) is 5.28 Å². The van der Waals surface area contributed by atoms with Crippen molar-refractivity contribution in [3.05, 3.63) is 11.1 Å². The van der Waals surface area contributed by atoms with Gasteiger partial charge in [0.05, 0.1) is 19.8 Å². The lowest BCUT2D eigenvalue weighted by Gasteiger charge is -2.40. The summed E-state index contributed by atoms with van der Waals surface area (Å²) in [4.78, 5) is 21.5. The average molecular weight is 450 g/mol. The zero-order valence-electron chi connectivity index (χ0n) is 18.3. The number of aromatic nitrogens is 4. The van der Waals surface area contributed by atoms with Crippen molar-refractivity contribution in [2.75, 3.05) is 70.6 Å². The van der Waals surface area contributed by atoms with E-state index in [4.69, 9.17) is 26.1 Å². The number of anilines is 1. The SMILES string of the molecule is CCn1c(CN2CCN(C3CCOCC3)CC2)nc2c(N3CCOCC3)nc(Cl)nc21. The fraction of sp³-hybridized carbons (Fsp3) is 0.762. The fourth-order valence-electron chi connectivity index (χ4n) is 4.99. The molecule has 0 atom stereocenters. The molecule has 10 heteroatoms. The molecule has 0 bridgehead atoms. The number of piperazine rings is 1. The molecule has 0 spiro atoms. The number of rotatable bonds is 5. The van der Waals surface area contributed by atoms with Gasteiger partial charge in [0.15, 0.2) is 17.0 Å². The van der Waals surface area contributed by atoms with E-state index in [-0.39, 0.29) is 5.28 Å². The van der Waals surface area contributed by atoms with Crippen LogP contribution in [0.15, 0.2) is 0 Å². The van der Waals surface area contributed by atoms with Gasteiger partial charge < -0.3 is 18.9 Å². The van der Waals surface area contributed by atoms with Crippen LogP contribution in [0.3, 0.4) is 0 Å². The number of morpholine rings is 1. The highest BCUT2D eigenvalue weighted by atomic mass is 35.5. The molecule has 3 saturated heterocycles. The van der Waals surface area contributed by atoms with Gasteiger partial charge in [-0.2, -0.15) is 9.97 Å². The molecule has 2 aromatic heterocycles. The third kappa shape index (κ3) is 4.52. The average Bonchev–Trinajstić information content (AvgIpc) is 3.16. The highest BCUT2D eigenvalue weighted by Gasteiger charge is 2.27. The van der Waals surface area contributed by atoms with Crippen LogP contribution in [0.4, 0.5) is 5.82 Å². The smallest absolute Gasteiger partial charge is 0.226 e. The maximum Gasteiger partial charge on any atom is 0.226 e. The van der Waals surface area contributed by atoms with Crippen LogP contribution in [0.5, 0.6) is 0 Å². The number of halogens is 1. The zero-order chi connectivity index (χ0) is 21.2. The highest BCUT2D eigenvalue weighted by Crippen LogP contribution is 2.27. The lowest BCUT2D eigenvalue weighted by atomic mass is 10.1. The minimum absolute atomic E-state index is 0.278. The Kier molecular flexibility index (Phi) is 6.56. The topological polar surface area (TPSA) is 71.8 Å². The Morgan fingerprint density at radius 2 is 1.61 bits per heavy atom. The molecule has 0 radical (unpaired) electrons. The third-order valence-electron chi connectivity index (χ3n) is 6.73. The number of ether oxygens (including phenoxy) is 2. The second-order valence-corrected chi connectivity index (χ2v) is 8.85. The molecular formula is C21H32ClN7O2. The normalized spacial score (nSPS) is 22.5. The van der Waals surface area contributed by atoms with E-state index >= 15 is 0 Å². The van der Waals surface area contributed by atoms with Crippen LogP contribution in [0, 0.1) is 0 Å². The summed E-state index contributed by atoms with van der Waals surface area (Å²) in [6, 6.07) is 0.685. The summed E-state index contributed by atoms with van der Waals surface area (Å²) >= 11 is 6.32. The number of hydrogen-bond donors (Lipinski definition) is 0. The molecule has 170 valence electrons. The molecule has 0 aliphatic carbocycles. The summed E-state index contributed by atoms with van der Waals surface area (Å²) in [6.45, 7) is 12.9. The molecule has 0 amide bonds. The Hall–Kier alpha value is -1.52. The van der Waals surface area contributed by atoms with E-state index < -0.39 is 0 Å². The molecular weight excluding hydrogens is 418 g/mol. The summed E-state index contributed by atoms with van der Waals surface area (Å²) in [7, 11) is 0. The molecule has 0 saturated carbocycles.